The monoisotopic (exact) mass is 322 g/mol. The maximum absolute atomic E-state index is 13.5. The predicted molar refractivity (Wildman–Crippen MR) is 66.9 cm³/mol. The average molecular weight is 323 g/mol. The summed E-state index contributed by atoms with van der Waals surface area (Å²) in [6, 6.07) is 5.62. The van der Waals surface area contributed by atoms with Crippen LogP contribution < -0.4 is 0 Å². The van der Waals surface area contributed by atoms with Crippen molar-refractivity contribution in [2.75, 3.05) is 0 Å². The largest absolute Gasteiger partial charge is 0.419 e. The van der Waals surface area contributed by atoms with Gasteiger partial charge in [-0.25, -0.2) is 8.78 Å². The summed E-state index contributed by atoms with van der Waals surface area (Å²) in [5.74, 6) is -2.31. The number of aliphatic hydroxyl groups excluding tert-OH is 1. The Bertz CT molecular complexity index is 669. The molecule has 1 unspecified atom stereocenters. The van der Waals surface area contributed by atoms with Gasteiger partial charge in [0.1, 0.15) is 17.7 Å². The summed E-state index contributed by atoms with van der Waals surface area (Å²) in [4.78, 5) is 0. The number of alkyl halides is 3. The van der Waals surface area contributed by atoms with E-state index in [1.54, 1.807) is 0 Å². The number of rotatable bonds is 2. The Labute approximate surface area is 121 Å². The fraction of sp³-hybridized carbons (Fsp3) is 0.143. The summed E-state index contributed by atoms with van der Waals surface area (Å²) in [6.45, 7) is 0. The Hall–Kier alpha value is -1.66. The van der Waals surface area contributed by atoms with E-state index in [1.807, 2.05) is 0 Å². The second-order valence-electron chi connectivity index (χ2n) is 4.28. The van der Waals surface area contributed by atoms with Crippen LogP contribution in [0.5, 0.6) is 0 Å². The van der Waals surface area contributed by atoms with E-state index in [0.29, 0.717) is 12.1 Å². The van der Waals surface area contributed by atoms with E-state index < -0.39 is 29.5 Å². The zero-order valence-corrected chi connectivity index (χ0v) is 11.0. The van der Waals surface area contributed by atoms with E-state index >= 15 is 0 Å². The molecule has 2 aromatic rings. The third-order valence-corrected chi connectivity index (χ3v) is 3.29. The Balaban J connectivity index is 2.43. The van der Waals surface area contributed by atoms with Gasteiger partial charge in [0.05, 0.1) is 10.6 Å². The van der Waals surface area contributed by atoms with Gasteiger partial charge in [0, 0.05) is 5.56 Å². The molecule has 0 aromatic heterocycles. The van der Waals surface area contributed by atoms with Crippen LogP contribution in [0.4, 0.5) is 22.0 Å². The van der Waals surface area contributed by atoms with Crippen molar-refractivity contribution in [1.82, 2.24) is 0 Å². The minimum absolute atomic E-state index is 0.0594. The zero-order valence-electron chi connectivity index (χ0n) is 10.3. The highest BCUT2D eigenvalue weighted by Gasteiger charge is 2.34. The van der Waals surface area contributed by atoms with Crippen LogP contribution in [0.2, 0.25) is 5.02 Å². The quantitative estimate of drug-likeness (QED) is 0.793. The first-order valence-corrected chi connectivity index (χ1v) is 6.08. The molecule has 0 aliphatic heterocycles. The van der Waals surface area contributed by atoms with E-state index in [2.05, 4.69) is 0 Å². The Morgan fingerprint density at radius 2 is 1.67 bits per heavy atom. The lowest BCUT2D eigenvalue weighted by molar-refractivity contribution is -0.140. The molecule has 0 bridgehead atoms. The highest BCUT2D eigenvalue weighted by atomic mass is 35.5. The highest BCUT2D eigenvalue weighted by molar-refractivity contribution is 6.31. The maximum Gasteiger partial charge on any atom is 0.419 e. The molecular formula is C14H8ClF5O. The van der Waals surface area contributed by atoms with Gasteiger partial charge < -0.3 is 5.11 Å². The number of halogens is 6. The lowest BCUT2D eigenvalue weighted by Gasteiger charge is -2.15. The van der Waals surface area contributed by atoms with Crippen molar-refractivity contribution in [3.05, 3.63) is 69.7 Å². The van der Waals surface area contributed by atoms with E-state index in [0.717, 1.165) is 12.1 Å². The van der Waals surface area contributed by atoms with Gasteiger partial charge in [0.2, 0.25) is 0 Å². The molecule has 0 saturated heterocycles. The van der Waals surface area contributed by atoms with Crippen molar-refractivity contribution < 1.29 is 27.1 Å². The van der Waals surface area contributed by atoms with Crippen LogP contribution in [0.1, 0.15) is 22.8 Å². The molecule has 0 heterocycles. The Kier molecular flexibility index (Phi) is 4.20. The standard InChI is InChI=1S/C14H8ClF5O/c15-12-8(2-1-3-10(12)16)13(21)7-4-5-9(11(17)6-7)14(18,19)20/h1-6,13,21H. The first kappa shape index (κ1) is 15.7. The molecule has 7 heteroatoms. The summed E-state index contributed by atoms with van der Waals surface area (Å²) in [6.07, 6.45) is -6.37. The lowest BCUT2D eigenvalue weighted by atomic mass is 9.99. The fourth-order valence-corrected chi connectivity index (χ4v) is 2.07. The minimum atomic E-state index is -4.83. The van der Waals surface area contributed by atoms with Gasteiger partial charge in [-0.1, -0.05) is 29.8 Å². The summed E-state index contributed by atoms with van der Waals surface area (Å²) < 4.78 is 64.1. The molecule has 21 heavy (non-hydrogen) atoms. The normalized spacial score (nSPS) is 13.3. The van der Waals surface area contributed by atoms with Crippen molar-refractivity contribution >= 4 is 11.6 Å². The van der Waals surface area contributed by atoms with Crippen LogP contribution in [-0.2, 0) is 6.18 Å². The molecule has 1 nitrogen and oxygen atoms in total. The van der Waals surface area contributed by atoms with Gasteiger partial charge in [0.15, 0.2) is 0 Å². The van der Waals surface area contributed by atoms with Crippen LogP contribution in [-0.4, -0.2) is 5.11 Å². The molecule has 0 spiro atoms. The highest BCUT2D eigenvalue weighted by Crippen LogP contribution is 2.35. The molecule has 1 N–H and O–H groups in total. The average Bonchev–Trinajstić information content (AvgIpc) is 2.39. The zero-order chi connectivity index (χ0) is 15.8. The molecule has 0 saturated carbocycles. The minimum Gasteiger partial charge on any atom is -0.384 e. The molecule has 112 valence electrons. The first-order valence-electron chi connectivity index (χ1n) is 5.70. The first-order chi connectivity index (χ1) is 9.71. The van der Waals surface area contributed by atoms with E-state index in [4.69, 9.17) is 11.6 Å². The maximum atomic E-state index is 13.5. The Morgan fingerprint density at radius 3 is 2.24 bits per heavy atom. The van der Waals surface area contributed by atoms with Crippen LogP contribution in [0.3, 0.4) is 0 Å². The number of aliphatic hydroxyl groups is 1. The molecule has 1 atom stereocenters. The van der Waals surface area contributed by atoms with Crippen LogP contribution in [0.25, 0.3) is 0 Å². The SMILES string of the molecule is OC(c1ccc(C(F)(F)F)c(F)c1)c1cccc(F)c1Cl. The number of hydrogen-bond acceptors (Lipinski definition) is 1. The summed E-state index contributed by atoms with van der Waals surface area (Å²) >= 11 is 5.67. The van der Waals surface area contributed by atoms with Crippen molar-refractivity contribution in [2.24, 2.45) is 0 Å². The second kappa shape index (κ2) is 5.61. The van der Waals surface area contributed by atoms with Gasteiger partial charge in [-0.15, -0.1) is 0 Å². The third-order valence-electron chi connectivity index (χ3n) is 2.89. The van der Waals surface area contributed by atoms with Crippen LogP contribution in [0, 0.1) is 11.6 Å². The molecule has 0 radical (unpaired) electrons. The van der Waals surface area contributed by atoms with Crippen LogP contribution >= 0.6 is 11.6 Å². The molecule has 0 amide bonds. The lowest BCUT2D eigenvalue weighted by Crippen LogP contribution is -2.10. The van der Waals surface area contributed by atoms with Gasteiger partial charge in [-0.3, -0.25) is 0 Å². The topological polar surface area (TPSA) is 20.2 Å². The van der Waals surface area contributed by atoms with E-state index in [9.17, 15) is 27.1 Å². The molecular weight excluding hydrogens is 315 g/mol. The van der Waals surface area contributed by atoms with Crippen molar-refractivity contribution in [1.29, 1.82) is 0 Å². The smallest absolute Gasteiger partial charge is 0.384 e. The fourth-order valence-electron chi connectivity index (χ4n) is 1.84. The Morgan fingerprint density at radius 1 is 1.00 bits per heavy atom. The van der Waals surface area contributed by atoms with Gasteiger partial charge in [-0.05, 0) is 23.8 Å². The summed E-state index contributed by atoms with van der Waals surface area (Å²) in [7, 11) is 0. The molecule has 2 aromatic carbocycles. The van der Waals surface area contributed by atoms with Gasteiger partial charge >= 0.3 is 6.18 Å². The van der Waals surface area contributed by atoms with Crippen molar-refractivity contribution in [2.45, 2.75) is 12.3 Å². The predicted octanol–water partition coefficient (Wildman–Crippen LogP) is 4.72. The molecule has 0 aliphatic rings. The summed E-state index contributed by atoms with van der Waals surface area (Å²) in [5, 5.41) is 9.65. The van der Waals surface area contributed by atoms with Gasteiger partial charge in [0.25, 0.3) is 0 Å². The molecule has 0 fully saturated rings. The number of benzene rings is 2. The molecule has 0 aliphatic carbocycles. The van der Waals surface area contributed by atoms with Crippen LogP contribution in [0.15, 0.2) is 36.4 Å². The second-order valence-corrected chi connectivity index (χ2v) is 4.66. The third kappa shape index (κ3) is 3.16. The summed E-state index contributed by atoms with van der Waals surface area (Å²) in [5.41, 5.74) is -1.66. The van der Waals surface area contributed by atoms with E-state index in [1.165, 1.54) is 12.1 Å². The van der Waals surface area contributed by atoms with E-state index in [-0.39, 0.29) is 16.1 Å². The number of hydrogen-bond donors (Lipinski definition) is 1. The van der Waals surface area contributed by atoms with Gasteiger partial charge in [-0.2, -0.15) is 13.2 Å². The van der Waals surface area contributed by atoms with Crippen molar-refractivity contribution in [3.63, 3.8) is 0 Å². The van der Waals surface area contributed by atoms with Crippen molar-refractivity contribution in [3.8, 4) is 0 Å². The molecule has 2 rings (SSSR count).